The molecular weight excluding hydrogens is 379 g/mol. The number of nitrogens with one attached hydrogen (secondary N) is 2. The largest absolute Gasteiger partial charge is 0.336 e. The number of rotatable bonds is 7. The van der Waals surface area contributed by atoms with E-state index in [4.69, 9.17) is 4.98 Å². The molecule has 30 heavy (non-hydrogen) atoms. The Bertz CT molecular complexity index is 1120. The predicted molar refractivity (Wildman–Crippen MR) is 117 cm³/mol. The zero-order valence-electron chi connectivity index (χ0n) is 16.5. The fraction of sp³-hybridized carbons (Fsp3) is 0.167. The summed E-state index contributed by atoms with van der Waals surface area (Å²) >= 11 is 0. The number of para-hydroxylation sites is 2. The lowest BCUT2D eigenvalue weighted by Gasteiger charge is -2.11. The topological polar surface area (TPSA) is 59.0 Å². The minimum atomic E-state index is -0.337. The molecular formula is C24H23FN4O. The Morgan fingerprint density at radius 1 is 0.900 bits per heavy atom. The molecule has 152 valence electrons. The van der Waals surface area contributed by atoms with Crippen LogP contribution in [0.3, 0.4) is 0 Å². The number of anilines is 1. The maximum atomic E-state index is 13.0. The highest BCUT2D eigenvalue weighted by atomic mass is 19.1. The van der Waals surface area contributed by atoms with Crippen molar-refractivity contribution in [3.8, 4) is 0 Å². The average Bonchev–Trinajstić information content (AvgIpc) is 3.12. The number of hydrogen-bond donors (Lipinski definition) is 2. The van der Waals surface area contributed by atoms with Gasteiger partial charge in [-0.1, -0.05) is 42.5 Å². The van der Waals surface area contributed by atoms with Crippen molar-refractivity contribution in [3.63, 3.8) is 0 Å². The van der Waals surface area contributed by atoms with E-state index in [2.05, 4.69) is 27.3 Å². The van der Waals surface area contributed by atoms with Crippen molar-refractivity contribution >= 4 is 22.8 Å². The van der Waals surface area contributed by atoms with Gasteiger partial charge in [-0.05, 0) is 48.4 Å². The SMILES string of the molecule is O=C(NCCn1c(CCc2ccccc2)nc2ccccc21)Nc1ccc(F)cc1. The van der Waals surface area contributed by atoms with Gasteiger partial charge >= 0.3 is 6.03 Å². The third-order valence-corrected chi connectivity index (χ3v) is 4.94. The number of aromatic nitrogens is 2. The molecule has 0 saturated heterocycles. The lowest BCUT2D eigenvalue weighted by Crippen LogP contribution is -2.31. The smallest absolute Gasteiger partial charge is 0.319 e. The van der Waals surface area contributed by atoms with Crippen molar-refractivity contribution in [1.29, 1.82) is 0 Å². The van der Waals surface area contributed by atoms with Crippen molar-refractivity contribution in [2.75, 3.05) is 11.9 Å². The van der Waals surface area contributed by atoms with E-state index in [0.29, 0.717) is 18.8 Å². The van der Waals surface area contributed by atoms with Crippen LogP contribution < -0.4 is 10.6 Å². The quantitative estimate of drug-likeness (QED) is 0.467. The fourth-order valence-electron chi connectivity index (χ4n) is 3.46. The second-order valence-corrected chi connectivity index (χ2v) is 7.04. The van der Waals surface area contributed by atoms with Gasteiger partial charge in [-0.2, -0.15) is 0 Å². The van der Waals surface area contributed by atoms with Gasteiger partial charge in [-0.25, -0.2) is 14.2 Å². The first kappa shape index (κ1) is 19.6. The van der Waals surface area contributed by atoms with Crippen molar-refractivity contribution in [1.82, 2.24) is 14.9 Å². The van der Waals surface area contributed by atoms with E-state index in [-0.39, 0.29) is 11.8 Å². The van der Waals surface area contributed by atoms with Crippen LogP contribution in [-0.4, -0.2) is 22.1 Å². The number of imidazole rings is 1. The second-order valence-electron chi connectivity index (χ2n) is 7.04. The normalized spacial score (nSPS) is 10.8. The highest BCUT2D eigenvalue weighted by Gasteiger charge is 2.11. The molecule has 2 N–H and O–H groups in total. The standard InChI is InChI=1S/C24H23FN4O/c25-19-11-13-20(14-12-19)27-24(30)26-16-17-29-22-9-5-4-8-21(22)28-23(29)15-10-18-6-2-1-3-7-18/h1-9,11-14H,10,15-17H2,(H2,26,27,30). The third kappa shape index (κ3) is 4.84. The first-order valence-corrected chi connectivity index (χ1v) is 9.97. The molecule has 3 aromatic carbocycles. The van der Waals surface area contributed by atoms with Crippen LogP contribution in [0.4, 0.5) is 14.9 Å². The number of fused-ring (bicyclic) bond motifs is 1. The summed E-state index contributed by atoms with van der Waals surface area (Å²) in [5.41, 5.74) is 3.83. The molecule has 0 aliphatic heterocycles. The van der Waals surface area contributed by atoms with Gasteiger partial charge in [0.1, 0.15) is 11.6 Å². The van der Waals surface area contributed by atoms with Gasteiger partial charge < -0.3 is 15.2 Å². The summed E-state index contributed by atoms with van der Waals surface area (Å²) in [4.78, 5) is 16.9. The molecule has 4 aromatic rings. The van der Waals surface area contributed by atoms with Gasteiger partial charge in [0.2, 0.25) is 0 Å². The molecule has 5 nitrogen and oxygen atoms in total. The van der Waals surface area contributed by atoms with E-state index in [1.54, 1.807) is 0 Å². The van der Waals surface area contributed by atoms with E-state index < -0.39 is 0 Å². The predicted octanol–water partition coefficient (Wildman–Crippen LogP) is 4.78. The van der Waals surface area contributed by atoms with Crippen molar-refractivity contribution < 1.29 is 9.18 Å². The zero-order chi connectivity index (χ0) is 20.8. The molecule has 0 fully saturated rings. The summed E-state index contributed by atoms with van der Waals surface area (Å²) in [7, 11) is 0. The maximum Gasteiger partial charge on any atom is 0.319 e. The highest BCUT2D eigenvalue weighted by Crippen LogP contribution is 2.17. The van der Waals surface area contributed by atoms with Crippen molar-refractivity contribution in [3.05, 3.63) is 96.1 Å². The van der Waals surface area contributed by atoms with Gasteiger partial charge in [0.05, 0.1) is 11.0 Å². The third-order valence-electron chi connectivity index (χ3n) is 4.94. The van der Waals surface area contributed by atoms with Crippen LogP contribution >= 0.6 is 0 Å². The Kier molecular flexibility index (Phi) is 6.03. The highest BCUT2D eigenvalue weighted by molar-refractivity contribution is 5.89. The summed E-state index contributed by atoms with van der Waals surface area (Å²) in [6, 6.07) is 23.7. The van der Waals surface area contributed by atoms with Crippen LogP contribution in [0.2, 0.25) is 0 Å². The van der Waals surface area contributed by atoms with Crippen LogP contribution in [0.1, 0.15) is 11.4 Å². The Morgan fingerprint density at radius 3 is 2.43 bits per heavy atom. The van der Waals surface area contributed by atoms with Gasteiger partial charge in [0.25, 0.3) is 0 Å². The number of halogens is 1. The van der Waals surface area contributed by atoms with Crippen LogP contribution in [0.5, 0.6) is 0 Å². The molecule has 1 heterocycles. The number of amides is 2. The van der Waals surface area contributed by atoms with Crippen molar-refractivity contribution in [2.45, 2.75) is 19.4 Å². The lowest BCUT2D eigenvalue weighted by molar-refractivity contribution is 0.251. The Balaban J connectivity index is 1.41. The van der Waals surface area contributed by atoms with Crippen LogP contribution in [0.15, 0.2) is 78.9 Å². The monoisotopic (exact) mass is 402 g/mol. The van der Waals surface area contributed by atoms with Crippen LogP contribution in [0, 0.1) is 5.82 Å². The van der Waals surface area contributed by atoms with Gasteiger partial charge in [-0.3, -0.25) is 0 Å². The van der Waals surface area contributed by atoms with E-state index in [1.165, 1.54) is 29.8 Å². The van der Waals surface area contributed by atoms with Gasteiger partial charge in [-0.15, -0.1) is 0 Å². The maximum absolute atomic E-state index is 13.0. The molecule has 0 spiro atoms. The Morgan fingerprint density at radius 2 is 1.63 bits per heavy atom. The van der Waals surface area contributed by atoms with E-state index in [1.807, 2.05) is 42.5 Å². The molecule has 0 aliphatic carbocycles. The molecule has 0 atom stereocenters. The molecule has 2 amide bonds. The Labute approximate surface area is 174 Å². The molecule has 0 radical (unpaired) electrons. The molecule has 1 aromatic heterocycles. The molecule has 0 unspecified atom stereocenters. The van der Waals surface area contributed by atoms with Crippen molar-refractivity contribution in [2.24, 2.45) is 0 Å². The minimum absolute atomic E-state index is 0.322. The molecule has 0 bridgehead atoms. The Hall–Kier alpha value is -3.67. The number of nitrogens with zero attached hydrogens (tertiary/aromatic N) is 2. The number of hydrogen-bond acceptors (Lipinski definition) is 2. The van der Waals surface area contributed by atoms with Gasteiger partial charge in [0.15, 0.2) is 0 Å². The first-order valence-electron chi connectivity index (χ1n) is 9.97. The number of aryl methyl sites for hydroxylation is 2. The molecule has 0 aliphatic rings. The summed E-state index contributed by atoms with van der Waals surface area (Å²) in [5, 5.41) is 5.56. The average molecular weight is 402 g/mol. The molecule has 4 rings (SSSR count). The van der Waals surface area contributed by atoms with E-state index in [9.17, 15) is 9.18 Å². The van der Waals surface area contributed by atoms with E-state index >= 15 is 0 Å². The van der Waals surface area contributed by atoms with Gasteiger partial charge in [0, 0.05) is 25.2 Å². The molecule has 6 heteroatoms. The van der Waals surface area contributed by atoms with Crippen LogP contribution in [0.25, 0.3) is 11.0 Å². The number of carbonyl (C=O) groups excluding carboxylic acids is 1. The fourth-order valence-corrected chi connectivity index (χ4v) is 3.46. The second kappa shape index (κ2) is 9.22. The van der Waals surface area contributed by atoms with E-state index in [0.717, 1.165) is 29.7 Å². The first-order chi connectivity index (χ1) is 14.7. The van der Waals surface area contributed by atoms with Crippen LogP contribution in [-0.2, 0) is 19.4 Å². The number of urea groups is 1. The summed E-state index contributed by atoms with van der Waals surface area (Å²) in [5.74, 6) is 0.664. The zero-order valence-corrected chi connectivity index (χ0v) is 16.5. The lowest BCUT2D eigenvalue weighted by atomic mass is 10.1. The summed E-state index contributed by atoms with van der Waals surface area (Å²) < 4.78 is 15.1. The number of benzene rings is 3. The summed E-state index contributed by atoms with van der Waals surface area (Å²) in [6.45, 7) is 1.06. The molecule has 0 saturated carbocycles. The minimum Gasteiger partial charge on any atom is -0.336 e. The number of carbonyl (C=O) groups is 1. The summed E-state index contributed by atoms with van der Waals surface area (Å²) in [6.07, 6.45) is 1.73.